The highest BCUT2D eigenvalue weighted by molar-refractivity contribution is 5.06. The van der Waals surface area contributed by atoms with E-state index in [9.17, 15) is 5.26 Å². The van der Waals surface area contributed by atoms with Crippen molar-refractivity contribution in [1.29, 1.82) is 5.26 Å². The van der Waals surface area contributed by atoms with Crippen molar-refractivity contribution in [3.8, 4) is 6.07 Å². The normalized spacial score (nSPS) is 43.3. The van der Waals surface area contributed by atoms with E-state index >= 15 is 0 Å². The monoisotopic (exact) mass is 315 g/mol. The van der Waals surface area contributed by atoms with Crippen LogP contribution in [0.25, 0.3) is 0 Å². The fourth-order valence-corrected chi connectivity index (χ4v) is 6.49. The van der Waals surface area contributed by atoms with E-state index in [1.807, 2.05) is 0 Å². The molecule has 3 rings (SSSR count). The molecule has 0 bridgehead atoms. The molecule has 23 heavy (non-hydrogen) atoms. The summed E-state index contributed by atoms with van der Waals surface area (Å²) < 4.78 is 0. The Morgan fingerprint density at radius 1 is 0.957 bits per heavy atom. The summed E-state index contributed by atoms with van der Waals surface area (Å²) in [6, 6.07) is 2.80. The average Bonchev–Trinajstić information content (AvgIpc) is 2.61. The Morgan fingerprint density at radius 2 is 1.74 bits per heavy atom. The Labute approximate surface area is 144 Å². The third-order valence-corrected chi connectivity index (χ3v) is 7.90. The fraction of sp³-hybridized carbons (Fsp3) is 0.955. The van der Waals surface area contributed by atoms with E-state index < -0.39 is 0 Å². The molecule has 0 N–H and O–H groups in total. The molecule has 0 aromatic heterocycles. The third kappa shape index (κ3) is 3.62. The van der Waals surface area contributed by atoms with E-state index in [2.05, 4.69) is 19.9 Å². The Kier molecular flexibility index (Phi) is 5.71. The van der Waals surface area contributed by atoms with E-state index in [4.69, 9.17) is 0 Å². The predicted molar refractivity (Wildman–Crippen MR) is 96.9 cm³/mol. The highest BCUT2D eigenvalue weighted by atomic mass is 14.5. The van der Waals surface area contributed by atoms with Gasteiger partial charge in [0.15, 0.2) is 0 Å². The lowest BCUT2D eigenvalue weighted by Gasteiger charge is -2.52. The molecule has 1 heteroatoms. The molecule has 1 nitrogen and oxygen atoms in total. The molecule has 3 aliphatic carbocycles. The molecule has 0 aromatic carbocycles. The van der Waals surface area contributed by atoms with Crippen molar-refractivity contribution in [3.63, 3.8) is 0 Å². The summed E-state index contributed by atoms with van der Waals surface area (Å²) in [5.41, 5.74) is 0.0454. The highest BCUT2D eigenvalue weighted by Gasteiger charge is 2.48. The molecule has 0 heterocycles. The molecule has 3 aliphatic rings. The molecule has 0 saturated heterocycles. The van der Waals surface area contributed by atoms with Crippen LogP contribution in [-0.2, 0) is 0 Å². The third-order valence-electron chi connectivity index (χ3n) is 7.90. The van der Waals surface area contributed by atoms with E-state index in [1.165, 1.54) is 83.5 Å². The van der Waals surface area contributed by atoms with E-state index in [-0.39, 0.29) is 5.41 Å². The molecule has 3 saturated carbocycles. The van der Waals surface area contributed by atoms with Crippen LogP contribution >= 0.6 is 0 Å². The molecule has 4 unspecified atom stereocenters. The predicted octanol–water partition coefficient (Wildman–Crippen LogP) is 6.73. The molecule has 3 fully saturated rings. The quantitative estimate of drug-likeness (QED) is 0.516. The standard InChI is InChI=1S/C22H37N/c1-3-5-6-12-22(16-23)13-11-21-19(15-22)9-8-18-14-17(4-2)7-10-20(18)21/h17-21H,3-15H2,1-2H3/t17-,18?,19?,20?,21?,22+/m1/s1. The van der Waals surface area contributed by atoms with Gasteiger partial charge >= 0.3 is 0 Å². The minimum Gasteiger partial charge on any atom is -0.198 e. The van der Waals surface area contributed by atoms with Crippen LogP contribution in [0.3, 0.4) is 0 Å². The topological polar surface area (TPSA) is 23.8 Å². The van der Waals surface area contributed by atoms with Gasteiger partial charge in [0, 0.05) is 0 Å². The summed E-state index contributed by atoms with van der Waals surface area (Å²) in [7, 11) is 0. The lowest BCUT2D eigenvalue weighted by molar-refractivity contribution is -0.0174. The van der Waals surface area contributed by atoms with E-state index in [0.717, 1.165) is 29.6 Å². The zero-order chi connectivity index (χ0) is 16.3. The van der Waals surface area contributed by atoms with Crippen molar-refractivity contribution >= 4 is 0 Å². The van der Waals surface area contributed by atoms with Gasteiger partial charge < -0.3 is 0 Å². The minimum absolute atomic E-state index is 0.0454. The zero-order valence-corrected chi connectivity index (χ0v) is 15.5. The van der Waals surface area contributed by atoms with E-state index in [1.54, 1.807) is 0 Å². The molecule has 6 atom stereocenters. The molecular formula is C22H37N. The Balaban J connectivity index is 1.62. The summed E-state index contributed by atoms with van der Waals surface area (Å²) in [4.78, 5) is 0. The number of rotatable bonds is 5. The van der Waals surface area contributed by atoms with Gasteiger partial charge in [0.05, 0.1) is 11.5 Å². The summed E-state index contributed by atoms with van der Waals surface area (Å²) in [6.45, 7) is 4.65. The first kappa shape index (κ1) is 17.3. The Hall–Kier alpha value is -0.510. The number of nitriles is 1. The molecule has 0 aliphatic heterocycles. The van der Waals surface area contributed by atoms with Crippen LogP contribution in [0, 0.1) is 46.3 Å². The fourth-order valence-electron chi connectivity index (χ4n) is 6.49. The first-order chi connectivity index (χ1) is 11.2. The van der Waals surface area contributed by atoms with Crippen LogP contribution in [0.1, 0.15) is 97.3 Å². The van der Waals surface area contributed by atoms with Crippen molar-refractivity contribution < 1.29 is 0 Å². The largest absolute Gasteiger partial charge is 0.198 e. The molecule has 0 radical (unpaired) electrons. The van der Waals surface area contributed by atoms with Crippen LogP contribution in [0.5, 0.6) is 0 Å². The molecule has 0 aromatic rings. The van der Waals surface area contributed by atoms with Gasteiger partial charge in [0.1, 0.15) is 0 Å². The Morgan fingerprint density at radius 3 is 2.48 bits per heavy atom. The second kappa shape index (κ2) is 7.58. The molecule has 0 amide bonds. The maximum Gasteiger partial charge on any atom is 0.0689 e. The van der Waals surface area contributed by atoms with E-state index in [0.29, 0.717) is 0 Å². The van der Waals surface area contributed by atoms with Crippen molar-refractivity contribution in [2.24, 2.45) is 35.0 Å². The van der Waals surface area contributed by atoms with Crippen LogP contribution < -0.4 is 0 Å². The maximum absolute atomic E-state index is 9.88. The summed E-state index contributed by atoms with van der Waals surface area (Å²) in [6.07, 6.45) is 17.6. The van der Waals surface area contributed by atoms with Gasteiger partial charge in [-0.05, 0) is 81.0 Å². The van der Waals surface area contributed by atoms with Crippen LogP contribution in [0.4, 0.5) is 0 Å². The molecule has 0 spiro atoms. The highest BCUT2D eigenvalue weighted by Crippen LogP contribution is 2.56. The van der Waals surface area contributed by atoms with Gasteiger partial charge in [-0.2, -0.15) is 5.26 Å². The number of hydrogen-bond acceptors (Lipinski definition) is 1. The first-order valence-electron chi connectivity index (χ1n) is 10.6. The minimum atomic E-state index is 0.0454. The van der Waals surface area contributed by atoms with Crippen LogP contribution in [0.2, 0.25) is 0 Å². The SMILES string of the molecule is CCCCC[C@]1(C#N)CCC2C(CCC3C[C@H](CC)CCC32)C1. The molecular weight excluding hydrogens is 278 g/mol. The first-order valence-corrected chi connectivity index (χ1v) is 10.6. The van der Waals surface area contributed by atoms with Crippen molar-refractivity contribution in [1.82, 2.24) is 0 Å². The number of unbranched alkanes of at least 4 members (excludes halogenated alkanes) is 2. The van der Waals surface area contributed by atoms with Gasteiger partial charge in [-0.3, -0.25) is 0 Å². The van der Waals surface area contributed by atoms with Gasteiger partial charge in [-0.15, -0.1) is 0 Å². The lowest BCUT2D eigenvalue weighted by Crippen LogP contribution is -2.44. The van der Waals surface area contributed by atoms with Crippen molar-refractivity contribution in [3.05, 3.63) is 0 Å². The average molecular weight is 316 g/mol. The number of nitrogens with zero attached hydrogens (tertiary/aromatic N) is 1. The summed E-state index contributed by atoms with van der Waals surface area (Å²) >= 11 is 0. The zero-order valence-electron chi connectivity index (χ0n) is 15.5. The number of fused-ring (bicyclic) bond motifs is 3. The van der Waals surface area contributed by atoms with Crippen LogP contribution in [-0.4, -0.2) is 0 Å². The second-order valence-corrected chi connectivity index (χ2v) is 9.10. The molecule has 130 valence electrons. The maximum atomic E-state index is 9.88. The van der Waals surface area contributed by atoms with Gasteiger partial charge in [-0.25, -0.2) is 0 Å². The Bertz CT molecular complexity index is 422. The lowest BCUT2D eigenvalue weighted by atomic mass is 9.52. The van der Waals surface area contributed by atoms with Gasteiger partial charge in [0.25, 0.3) is 0 Å². The summed E-state index contributed by atoms with van der Waals surface area (Å²) in [5, 5.41) is 9.88. The summed E-state index contributed by atoms with van der Waals surface area (Å²) in [5.74, 6) is 4.92. The van der Waals surface area contributed by atoms with Crippen molar-refractivity contribution in [2.75, 3.05) is 0 Å². The van der Waals surface area contributed by atoms with Crippen LogP contribution in [0.15, 0.2) is 0 Å². The van der Waals surface area contributed by atoms with Gasteiger partial charge in [-0.1, -0.05) is 46.0 Å². The smallest absolute Gasteiger partial charge is 0.0689 e. The second-order valence-electron chi connectivity index (χ2n) is 9.10. The number of hydrogen-bond donors (Lipinski definition) is 0. The van der Waals surface area contributed by atoms with Gasteiger partial charge in [0.2, 0.25) is 0 Å². The van der Waals surface area contributed by atoms with Crippen molar-refractivity contribution in [2.45, 2.75) is 97.3 Å².